The van der Waals surface area contributed by atoms with Crippen molar-refractivity contribution in [1.29, 1.82) is 0 Å². The average molecular weight is 514 g/mol. The van der Waals surface area contributed by atoms with Crippen molar-refractivity contribution >= 4 is 5.91 Å². The molecule has 0 fully saturated rings. The molecule has 1 atom stereocenters. The summed E-state index contributed by atoms with van der Waals surface area (Å²) in [6.45, 7) is -0.418. The second-order valence-corrected chi connectivity index (χ2v) is 8.18. The number of halogens is 6. The van der Waals surface area contributed by atoms with E-state index in [-0.39, 0.29) is 61.0 Å². The van der Waals surface area contributed by atoms with E-state index in [0.29, 0.717) is 12.1 Å². The third kappa shape index (κ3) is 5.12. The zero-order chi connectivity index (χ0) is 26.2. The predicted molar refractivity (Wildman–Crippen MR) is 113 cm³/mol. The average Bonchev–Trinajstić information content (AvgIpc) is 3.22. The van der Waals surface area contributed by atoms with Crippen molar-refractivity contribution in [2.75, 3.05) is 13.7 Å². The molecule has 3 heterocycles. The summed E-state index contributed by atoms with van der Waals surface area (Å²) in [7, 11) is 1.34. The van der Waals surface area contributed by atoms with Crippen LogP contribution in [-0.4, -0.2) is 50.0 Å². The summed E-state index contributed by atoms with van der Waals surface area (Å²) in [5.74, 6) is -5.19. The number of ether oxygens (including phenoxy) is 1. The van der Waals surface area contributed by atoms with Crippen LogP contribution in [0.25, 0.3) is 11.3 Å². The number of benzene rings is 1. The van der Waals surface area contributed by atoms with E-state index < -0.39 is 41.4 Å². The van der Waals surface area contributed by atoms with Gasteiger partial charge in [0.15, 0.2) is 11.6 Å². The maximum absolute atomic E-state index is 13.9. The van der Waals surface area contributed by atoms with E-state index in [2.05, 4.69) is 15.0 Å². The van der Waals surface area contributed by atoms with Crippen LogP contribution in [-0.2, 0) is 30.5 Å². The SMILES string of the molecule is COc1ncc(-c2nc(C(F)(F)F)n3c2CN(C(=O)CC(N)Cc2cc(F)c(F)cc2F)CC3)cn1. The topological polar surface area (TPSA) is 99.2 Å². The van der Waals surface area contributed by atoms with Crippen LogP contribution in [0.3, 0.4) is 0 Å². The molecule has 0 saturated heterocycles. The Morgan fingerprint density at radius 2 is 1.78 bits per heavy atom. The van der Waals surface area contributed by atoms with Crippen LogP contribution in [0, 0.1) is 17.5 Å². The highest BCUT2D eigenvalue weighted by Crippen LogP contribution is 2.35. The predicted octanol–water partition coefficient (Wildman–Crippen LogP) is 3.09. The highest BCUT2D eigenvalue weighted by atomic mass is 19.4. The van der Waals surface area contributed by atoms with Gasteiger partial charge in [-0.25, -0.2) is 28.1 Å². The standard InChI is InChI=1S/C22H20F6N6O2/c1-36-21-30-8-12(9-31-21)19-17-10-33(2-3-34(17)20(32-19)22(26,27)28)18(35)6-13(29)4-11-5-15(24)16(25)7-14(11)23/h5,7-9,13H,2-4,6,10,29H2,1H3. The lowest BCUT2D eigenvalue weighted by atomic mass is 10.0. The molecule has 1 aliphatic rings. The van der Waals surface area contributed by atoms with E-state index >= 15 is 0 Å². The van der Waals surface area contributed by atoms with Crippen LogP contribution in [0.5, 0.6) is 6.01 Å². The molecule has 2 N–H and O–H groups in total. The number of alkyl halides is 3. The van der Waals surface area contributed by atoms with E-state index in [1.54, 1.807) is 0 Å². The second-order valence-electron chi connectivity index (χ2n) is 8.18. The summed E-state index contributed by atoms with van der Waals surface area (Å²) < 4.78 is 87.3. The van der Waals surface area contributed by atoms with Gasteiger partial charge in [-0.1, -0.05) is 0 Å². The number of nitrogens with two attached hydrogens (primary N) is 1. The van der Waals surface area contributed by atoms with E-state index in [1.165, 1.54) is 24.4 Å². The number of hydrogen-bond acceptors (Lipinski definition) is 6. The van der Waals surface area contributed by atoms with Gasteiger partial charge in [-0.3, -0.25) is 4.79 Å². The maximum Gasteiger partial charge on any atom is 0.449 e. The molecule has 1 aromatic carbocycles. The molecule has 192 valence electrons. The molecule has 2 aromatic heterocycles. The van der Waals surface area contributed by atoms with Gasteiger partial charge in [0.05, 0.1) is 25.0 Å². The van der Waals surface area contributed by atoms with Crippen LogP contribution in [0.4, 0.5) is 26.3 Å². The molecular formula is C22H20F6N6O2. The van der Waals surface area contributed by atoms with Gasteiger partial charge in [0.25, 0.3) is 0 Å². The van der Waals surface area contributed by atoms with Gasteiger partial charge < -0.3 is 19.9 Å². The van der Waals surface area contributed by atoms with Crippen molar-refractivity contribution in [3.05, 3.63) is 59.1 Å². The molecule has 3 aromatic rings. The normalized spacial score (nSPS) is 14.5. The van der Waals surface area contributed by atoms with E-state index in [4.69, 9.17) is 10.5 Å². The van der Waals surface area contributed by atoms with Gasteiger partial charge in [0.2, 0.25) is 11.7 Å². The van der Waals surface area contributed by atoms with Gasteiger partial charge in [-0.05, 0) is 18.1 Å². The minimum atomic E-state index is -4.73. The minimum Gasteiger partial charge on any atom is -0.467 e. The molecule has 0 spiro atoms. The van der Waals surface area contributed by atoms with Gasteiger partial charge in [-0.2, -0.15) is 13.2 Å². The molecule has 8 nitrogen and oxygen atoms in total. The Morgan fingerprint density at radius 1 is 1.11 bits per heavy atom. The summed E-state index contributed by atoms with van der Waals surface area (Å²) in [6.07, 6.45) is -2.74. The first-order valence-electron chi connectivity index (χ1n) is 10.7. The molecule has 0 bridgehead atoms. The largest absolute Gasteiger partial charge is 0.467 e. The lowest BCUT2D eigenvalue weighted by molar-refractivity contribution is -0.148. The minimum absolute atomic E-state index is 0.0196. The third-order valence-electron chi connectivity index (χ3n) is 5.71. The Balaban J connectivity index is 1.54. The van der Waals surface area contributed by atoms with Crippen molar-refractivity contribution < 1.29 is 35.9 Å². The summed E-state index contributed by atoms with van der Waals surface area (Å²) in [6, 6.07) is 0.152. The van der Waals surface area contributed by atoms with Crippen molar-refractivity contribution in [3.63, 3.8) is 0 Å². The van der Waals surface area contributed by atoms with Gasteiger partial charge in [-0.15, -0.1) is 0 Å². The number of methoxy groups -OCH3 is 1. The maximum atomic E-state index is 13.9. The Kier molecular flexibility index (Phi) is 6.89. The van der Waals surface area contributed by atoms with E-state index in [0.717, 1.165) is 4.57 Å². The van der Waals surface area contributed by atoms with Gasteiger partial charge in [0, 0.05) is 49.6 Å². The zero-order valence-electron chi connectivity index (χ0n) is 18.8. The zero-order valence-corrected chi connectivity index (χ0v) is 18.8. The number of carbonyl (C=O) groups is 1. The number of carbonyl (C=O) groups excluding carboxylic acids is 1. The summed E-state index contributed by atoms with van der Waals surface area (Å²) >= 11 is 0. The lowest BCUT2D eigenvalue weighted by Gasteiger charge is -2.30. The van der Waals surface area contributed by atoms with Gasteiger partial charge >= 0.3 is 12.2 Å². The molecule has 14 heteroatoms. The first-order valence-corrected chi connectivity index (χ1v) is 10.7. The molecule has 1 unspecified atom stereocenters. The molecule has 1 aliphatic heterocycles. The molecular weight excluding hydrogens is 494 g/mol. The molecule has 0 radical (unpaired) electrons. The van der Waals surface area contributed by atoms with Crippen LogP contribution < -0.4 is 10.5 Å². The highest BCUT2D eigenvalue weighted by Gasteiger charge is 2.41. The molecule has 0 aliphatic carbocycles. The van der Waals surface area contributed by atoms with Crippen LogP contribution in [0.2, 0.25) is 0 Å². The summed E-state index contributed by atoms with van der Waals surface area (Å²) in [5.41, 5.74) is 6.06. The number of amides is 1. The van der Waals surface area contributed by atoms with Crippen LogP contribution >= 0.6 is 0 Å². The molecule has 1 amide bonds. The van der Waals surface area contributed by atoms with Crippen molar-refractivity contribution in [3.8, 4) is 17.3 Å². The number of aromatic nitrogens is 4. The Bertz CT molecular complexity index is 1280. The number of nitrogens with zero attached hydrogens (tertiary/aromatic N) is 5. The Hall–Kier alpha value is -3.68. The number of hydrogen-bond donors (Lipinski definition) is 1. The molecule has 36 heavy (non-hydrogen) atoms. The van der Waals surface area contributed by atoms with E-state index in [9.17, 15) is 31.1 Å². The molecule has 0 saturated carbocycles. The van der Waals surface area contributed by atoms with Crippen LogP contribution in [0.15, 0.2) is 24.5 Å². The summed E-state index contributed by atoms with van der Waals surface area (Å²) in [5, 5.41) is 0. The number of fused-ring (bicyclic) bond motifs is 1. The van der Waals surface area contributed by atoms with Gasteiger partial charge in [0.1, 0.15) is 5.82 Å². The monoisotopic (exact) mass is 514 g/mol. The van der Waals surface area contributed by atoms with Crippen molar-refractivity contribution in [2.45, 2.75) is 38.1 Å². The Morgan fingerprint density at radius 3 is 2.42 bits per heavy atom. The second kappa shape index (κ2) is 9.76. The first-order chi connectivity index (χ1) is 17.0. The van der Waals surface area contributed by atoms with Crippen molar-refractivity contribution in [2.24, 2.45) is 5.73 Å². The van der Waals surface area contributed by atoms with Crippen LogP contribution in [0.1, 0.15) is 23.5 Å². The fourth-order valence-electron chi connectivity index (χ4n) is 4.00. The lowest BCUT2D eigenvalue weighted by Crippen LogP contribution is -2.42. The van der Waals surface area contributed by atoms with E-state index in [1.807, 2.05) is 0 Å². The summed E-state index contributed by atoms with van der Waals surface area (Å²) in [4.78, 5) is 25.8. The number of imidazole rings is 1. The highest BCUT2D eigenvalue weighted by molar-refractivity contribution is 5.77. The number of rotatable bonds is 6. The Labute approximate surface area is 200 Å². The quantitative estimate of drug-likeness (QED) is 0.401. The fourth-order valence-corrected chi connectivity index (χ4v) is 4.00. The fraction of sp³-hybridized carbons (Fsp3) is 0.364. The smallest absolute Gasteiger partial charge is 0.449 e. The molecule has 4 rings (SSSR count). The first kappa shape index (κ1) is 25.4. The van der Waals surface area contributed by atoms with Crippen molar-refractivity contribution in [1.82, 2.24) is 24.4 Å². The third-order valence-corrected chi connectivity index (χ3v) is 5.71.